The van der Waals surface area contributed by atoms with Crippen LogP contribution in [0.5, 0.6) is 0 Å². The van der Waals surface area contributed by atoms with Crippen molar-refractivity contribution in [2.75, 3.05) is 31.1 Å². The van der Waals surface area contributed by atoms with E-state index in [4.69, 9.17) is 0 Å². The molecule has 1 amide bonds. The van der Waals surface area contributed by atoms with Gasteiger partial charge in [0.1, 0.15) is 0 Å². The highest BCUT2D eigenvalue weighted by molar-refractivity contribution is 5.92. The lowest BCUT2D eigenvalue weighted by Crippen LogP contribution is -2.36. The zero-order valence-corrected chi connectivity index (χ0v) is 12.7. The first-order valence-electron chi connectivity index (χ1n) is 7.83. The van der Waals surface area contributed by atoms with Crippen molar-refractivity contribution >= 4 is 11.7 Å². The Balaban J connectivity index is 1.76. The SMILES string of the molecule is CCNC(=O)c1ccc(N2CC3CNCC3C2CC)nn1. The van der Waals surface area contributed by atoms with Gasteiger partial charge >= 0.3 is 0 Å². The summed E-state index contributed by atoms with van der Waals surface area (Å²) in [6.07, 6.45) is 1.11. The number of carbonyl (C=O) groups is 1. The lowest BCUT2D eigenvalue weighted by molar-refractivity contribution is 0.0950. The highest BCUT2D eigenvalue weighted by Crippen LogP contribution is 2.36. The standard InChI is InChI=1S/C15H23N5O/c1-3-13-11-8-16-7-10(11)9-20(13)14-6-5-12(18-19-14)15(21)17-4-2/h5-6,10-11,13,16H,3-4,7-9H2,1-2H3,(H,17,21). The molecule has 114 valence electrons. The Hall–Kier alpha value is -1.69. The van der Waals surface area contributed by atoms with Crippen molar-refractivity contribution in [2.24, 2.45) is 11.8 Å². The average molecular weight is 289 g/mol. The first-order chi connectivity index (χ1) is 10.2. The summed E-state index contributed by atoms with van der Waals surface area (Å²) >= 11 is 0. The van der Waals surface area contributed by atoms with Gasteiger partial charge in [-0.05, 0) is 37.3 Å². The molecular weight excluding hydrogens is 266 g/mol. The number of nitrogens with zero attached hydrogens (tertiary/aromatic N) is 3. The molecule has 0 aliphatic carbocycles. The number of hydrogen-bond donors (Lipinski definition) is 2. The van der Waals surface area contributed by atoms with E-state index in [1.54, 1.807) is 6.07 Å². The average Bonchev–Trinajstić information content (AvgIpc) is 3.08. The molecule has 6 heteroatoms. The number of fused-ring (bicyclic) bond motifs is 1. The molecule has 3 unspecified atom stereocenters. The maximum atomic E-state index is 11.7. The predicted molar refractivity (Wildman–Crippen MR) is 81.3 cm³/mol. The molecule has 0 bridgehead atoms. The molecule has 0 radical (unpaired) electrons. The third kappa shape index (κ3) is 2.60. The molecule has 2 N–H and O–H groups in total. The molecule has 3 atom stereocenters. The Morgan fingerprint density at radius 1 is 1.38 bits per heavy atom. The van der Waals surface area contributed by atoms with Crippen LogP contribution in [0.3, 0.4) is 0 Å². The summed E-state index contributed by atoms with van der Waals surface area (Å²) < 4.78 is 0. The van der Waals surface area contributed by atoms with Crippen LogP contribution in [0.15, 0.2) is 12.1 Å². The summed E-state index contributed by atoms with van der Waals surface area (Å²) in [6, 6.07) is 4.22. The fourth-order valence-electron chi connectivity index (χ4n) is 3.66. The van der Waals surface area contributed by atoms with Crippen LogP contribution in [-0.4, -0.2) is 48.3 Å². The molecule has 1 aromatic rings. The second kappa shape index (κ2) is 5.97. The molecule has 2 aliphatic heterocycles. The number of rotatable bonds is 4. The van der Waals surface area contributed by atoms with E-state index in [2.05, 4.69) is 32.7 Å². The molecule has 3 heterocycles. The summed E-state index contributed by atoms with van der Waals surface area (Å²) in [7, 11) is 0. The topological polar surface area (TPSA) is 70.2 Å². The van der Waals surface area contributed by atoms with Crippen LogP contribution in [0.2, 0.25) is 0 Å². The van der Waals surface area contributed by atoms with Gasteiger partial charge in [0.05, 0.1) is 0 Å². The van der Waals surface area contributed by atoms with Crippen LogP contribution in [0, 0.1) is 11.8 Å². The monoisotopic (exact) mass is 289 g/mol. The van der Waals surface area contributed by atoms with Crippen molar-refractivity contribution in [3.05, 3.63) is 17.8 Å². The Morgan fingerprint density at radius 3 is 2.90 bits per heavy atom. The second-order valence-electron chi connectivity index (χ2n) is 5.85. The van der Waals surface area contributed by atoms with Crippen molar-refractivity contribution in [3.8, 4) is 0 Å². The number of carbonyl (C=O) groups excluding carboxylic acids is 1. The molecule has 6 nitrogen and oxygen atoms in total. The quantitative estimate of drug-likeness (QED) is 0.852. The van der Waals surface area contributed by atoms with Crippen LogP contribution in [0.1, 0.15) is 30.8 Å². The van der Waals surface area contributed by atoms with Gasteiger partial charge in [-0.1, -0.05) is 6.92 Å². The Morgan fingerprint density at radius 2 is 2.24 bits per heavy atom. The van der Waals surface area contributed by atoms with Gasteiger partial charge in [0.15, 0.2) is 11.5 Å². The van der Waals surface area contributed by atoms with Crippen molar-refractivity contribution in [3.63, 3.8) is 0 Å². The minimum Gasteiger partial charge on any atom is -0.351 e. The van der Waals surface area contributed by atoms with E-state index in [1.165, 1.54) is 0 Å². The van der Waals surface area contributed by atoms with E-state index in [-0.39, 0.29) is 5.91 Å². The van der Waals surface area contributed by atoms with Gasteiger partial charge < -0.3 is 15.5 Å². The number of aromatic nitrogens is 2. The Bertz CT molecular complexity index is 503. The molecule has 2 fully saturated rings. The van der Waals surface area contributed by atoms with Crippen molar-refractivity contribution < 1.29 is 4.79 Å². The third-order valence-corrected chi connectivity index (χ3v) is 4.65. The molecule has 2 saturated heterocycles. The van der Waals surface area contributed by atoms with Crippen molar-refractivity contribution in [1.82, 2.24) is 20.8 Å². The van der Waals surface area contributed by atoms with Gasteiger partial charge in [0, 0.05) is 32.2 Å². The molecule has 0 spiro atoms. The number of anilines is 1. The van der Waals surface area contributed by atoms with Crippen LogP contribution in [0.25, 0.3) is 0 Å². The van der Waals surface area contributed by atoms with Gasteiger partial charge in [-0.25, -0.2) is 0 Å². The lowest BCUT2D eigenvalue weighted by Gasteiger charge is -2.27. The van der Waals surface area contributed by atoms with E-state index in [0.29, 0.717) is 30.1 Å². The highest BCUT2D eigenvalue weighted by Gasteiger charge is 2.43. The zero-order valence-electron chi connectivity index (χ0n) is 12.7. The number of nitrogens with one attached hydrogen (secondary N) is 2. The second-order valence-corrected chi connectivity index (χ2v) is 5.85. The third-order valence-electron chi connectivity index (χ3n) is 4.65. The smallest absolute Gasteiger partial charge is 0.271 e. The summed E-state index contributed by atoms with van der Waals surface area (Å²) in [5.41, 5.74) is 0.384. The zero-order chi connectivity index (χ0) is 14.8. The molecule has 1 aromatic heterocycles. The van der Waals surface area contributed by atoms with E-state index >= 15 is 0 Å². The molecule has 21 heavy (non-hydrogen) atoms. The maximum Gasteiger partial charge on any atom is 0.271 e. The molecular formula is C15H23N5O. The largest absolute Gasteiger partial charge is 0.351 e. The predicted octanol–water partition coefficient (Wildman–Crippen LogP) is 0.661. The molecule has 0 saturated carbocycles. The van der Waals surface area contributed by atoms with Crippen LogP contribution in [0.4, 0.5) is 5.82 Å². The fraction of sp³-hybridized carbons (Fsp3) is 0.667. The van der Waals surface area contributed by atoms with Crippen LogP contribution >= 0.6 is 0 Å². The normalized spacial score (nSPS) is 27.7. The lowest BCUT2D eigenvalue weighted by atomic mass is 9.93. The van der Waals surface area contributed by atoms with Gasteiger partial charge in [-0.2, -0.15) is 0 Å². The van der Waals surface area contributed by atoms with Gasteiger partial charge in [0.2, 0.25) is 0 Å². The minimum absolute atomic E-state index is 0.161. The summed E-state index contributed by atoms with van der Waals surface area (Å²) in [4.78, 5) is 14.1. The Kier molecular flexibility index (Phi) is 4.05. The summed E-state index contributed by atoms with van der Waals surface area (Å²) in [5.74, 6) is 2.15. The van der Waals surface area contributed by atoms with Crippen LogP contribution < -0.4 is 15.5 Å². The molecule has 0 aromatic carbocycles. The summed E-state index contributed by atoms with van der Waals surface area (Å²) in [6.45, 7) is 7.96. The minimum atomic E-state index is -0.161. The van der Waals surface area contributed by atoms with Gasteiger partial charge in [0.25, 0.3) is 5.91 Å². The first-order valence-corrected chi connectivity index (χ1v) is 7.83. The van der Waals surface area contributed by atoms with E-state index in [9.17, 15) is 4.79 Å². The molecule has 2 aliphatic rings. The van der Waals surface area contributed by atoms with E-state index < -0.39 is 0 Å². The summed E-state index contributed by atoms with van der Waals surface area (Å²) in [5, 5.41) is 14.6. The van der Waals surface area contributed by atoms with E-state index in [0.717, 1.165) is 31.9 Å². The van der Waals surface area contributed by atoms with E-state index in [1.807, 2.05) is 13.0 Å². The maximum absolute atomic E-state index is 11.7. The highest BCUT2D eigenvalue weighted by atomic mass is 16.1. The van der Waals surface area contributed by atoms with Crippen molar-refractivity contribution in [1.29, 1.82) is 0 Å². The van der Waals surface area contributed by atoms with Gasteiger partial charge in [-0.15, -0.1) is 10.2 Å². The van der Waals surface area contributed by atoms with Gasteiger partial charge in [-0.3, -0.25) is 4.79 Å². The number of amides is 1. The number of hydrogen-bond acceptors (Lipinski definition) is 5. The molecule has 3 rings (SSSR count). The van der Waals surface area contributed by atoms with Crippen molar-refractivity contribution in [2.45, 2.75) is 26.3 Å². The fourth-order valence-corrected chi connectivity index (χ4v) is 3.66. The Labute approximate surface area is 125 Å². The van der Waals surface area contributed by atoms with Crippen LogP contribution in [-0.2, 0) is 0 Å². The first kappa shape index (κ1) is 14.3.